The summed E-state index contributed by atoms with van der Waals surface area (Å²) in [6, 6.07) is 9.02. The van der Waals surface area contributed by atoms with Crippen molar-refractivity contribution >= 4 is 33.8 Å². The van der Waals surface area contributed by atoms with Gasteiger partial charge in [0.25, 0.3) is 0 Å². The Morgan fingerprint density at radius 3 is 2.41 bits per heavy atom. The molecule has 0 bridgehead atoms. The van der Waals surface area contributed by atoms with Crippen LogP contribution >= 0.6 is 12.2 Å². The third kappa shape index (κ3) is 6.27. The van der Waals surface area contributed by atoms with Crippen LogP contribution in [-0.2, 0) is 6.42 Å². The maximum absolute atomic E-state index is 5.77. The lowest BCUT2D eigenvalue weighted by Crippen LogP contribution is -2.46. The number of hydrogen-bond acceptors (Lipinski definition) is 5. The normalized spacial score (nSPS) is 18.8. The van der Waals surface area contributed by atoms with Crippen LogP contribution in [0.1, 0.15) is 56.6 Å². The smallest absolute Gasteiger partial charge is 0.129 e. The monoisotopic (exact) mass is 452 g/mol. The Bertz CT molecular complexity index is 896. The summed E-state index contributed by atoms with van der Waals surface area (Å²) >= 11 is 5.77. The molecule has 1 aromatic heterocycles. The maximum atomic E-state index is 5.77. The van der Waals surface area contributed by atoms with Gasteiger partial charge in [0, 0.05) is 38.0 Å². The summed E-state index contributed by atoms with van der Waals surface area (Å²) in [5.41, 5.74) is 3.75. The first-order valence-electron chi connectivity index (χ1n) is 12.7. The third-order valence-corrected chi connectivity index (χ3v) is 7.59. The minimum absolute atomic E-state index is 0.908. The quantitative estimate of drug-likeness (QED) is 0.509. The van der Waals surface area contributed by atoms with Crippen molar-refractivity contribution in [2.75, 3.05) is 57.3 Å². The van der Waals surface area contributed by atoms with E-state index in [1.165, 1.54) is 73.1 Å². The molecule has 0 radical (unpaired) electrons. The van der Waals surface area contributed by atoms with E-state index < -0.39 is 0 Å². The summed E-state index contributed by atoms with van der Waals surface area (Å²) in [5.74, 6) is 1.13. The number of aromatic nitrogens is 1. The van der Waals surface area contributed by atoms with Gasteiger partial charge in [0.05, 0.1) is 5.52 Å². The van der Waals surface area contributed by atoms with E-state index >= 15 is 0 Å². The molecule has 0 saturated carbocycles. The highest BCUT2D eigenvalue weighted by molar-refractivity contribution is 7.80. The summed E-state index contributed by atoms with van der Waals surface area (Å²) in [5, 5.41) is 1.27. The van der Waals surface area contributed by atoms with Crippen molar-refractivity contribution in [3.05, 3.63) is 35.4 Å². The zero-order chi connectivity index (χ0) is 22.3. The number of likely N-dealkylation sites (tertiary alicyclic amines) is 1. The van der Waals surface area contributed by atoms with E-state index in [0.717, 1.165) is 56.9 Å². The number of thiocarbonyl (C=S) groups is 1. The number of pyridine rings is 1. The van der Waals surface area contributed by atoms with Gasteiger partial charge in [-0.15, -0.1) is 0 Å². The van der Waals surface area contributed by atoms with Crippen LogP contribution < -0.4 is 4.90 Å². The molecule has 2 aliphatic heterocycles. The Hall–Kier alpha value is -1.56. The van der Waals surface area contributed by atoms with Gasteiger partial charge in [0.15, 0.2) is 0 Å². The van der Waals surface area contributed by atoms with Gasteiger partial charge in [-0.2, -0.15) is 0 Å². The molecule has 0 atom stereocenters. The molecule has 174 valence electrons. The zero-order valence-corrected chi connectivity index (χ0v) is 20.9. The fourth-order valence-corrected chi connectivity index (χ4v) is 5.48. The number of benzene rings is 1. The van der Waals surface area contributed by atoms with Gasteiger partial charge in [-0.3, -0.25) is 0 Å². The molecule has 0 aliphatic carbocycles. The fourth-order valence-electron chi connectivity index (χ4n) is 5.16. The number of nitrogens with zero attached hydrogens (tertiary/aromatic N) is 4. The van der Waals surface area contributed by atoms with Crippen LogP contribution in [-0.4, -0.2) is 72.0 Å². The van der Waals surface area contributed by atoms with E-state index in [-0.39, 0.29) is 0 Å². The number of likely N-dealkylation sites (N-methyl/N-ethyl adjacent to an activating group) is 1. The largest absolute Gasteiger partial charge is 0.354 e. The number of piperazine rings is 1. The number of anilines is 1. The number of rotatable bonds is 8. The molecule has 2 fully saturated rings. The highest BCUT2D eigenvalue weighted by Gasteiger charge is 2.18. The summed E-state index contributed by atoms with van der Waals surface area (Å²) in [4.78, 5) is 13.8. The molecule has 32 heavy (non-hydrogen) atoms. The van der Waals surface area contributed by atoms with Crippen molar-refractivity contribution in [1.82, 2.24) is 14.8 Å². The first-order chi connectivity index (χ1) is 15.6. The van der Waals surface area contributed by atoms with Gasteiger partial charge in [-0.25, -0.2) is 4.98 Å². The Morgan fingerprint density at radius 2 is 1.69 bits per heavy atom. The number of fused-ring (bicyclic) bond motifs is 1. The van der Waals surface area contributed by atoms with Gasteiger partial charge >= 0.3 is 0 Å². The summed E-state index contributed by atoms with van der Waals surface area (Å²) in [6.45, 7) is 13.8. The van der Waals surface area contributed by atoms with Crippen molar-refractivity contribution in [3.8, 4) is 0 Å². The fraction of sp³-hybridized carbons (Fsp3) is 0.630. The number of hydrogen-bond donors (Lipinski definition) is 0. The second-order valence-electron chi connectivity index (χ2n) is 9.65. The SMILES string of the molecule is CCN1CCN(c2cc(C)c3cc(CC(=S)CCCN4CCCCCC4)ccc3n2)CC1. The highest BCUT2D eigenvalue weighted by atomic mass is 32.1. The first-order valence-corrected chi connectivity index (χ1v) is 13.1. The van der Waals surface area contributed by atoms with Crippen molar-refractivity contribution in [2.45, 2.75) is 58.8 Å². The molecule has 2 aliphatic rings. The Balaban J connectivity index is 1.33. The Morgan fingerprint density at radius 1 is 0.938 bits per heavy atom. The molecule has 1 aromatic carbocycles. The second-order valence-corrected chi connectivity index (χ2v) is 10.2. The zero-order valence-electron chi connectivity index (χ0n) is 20.1. The van der Waals surface area contributed by atoms with Gasteiger partial charge < -0.3 is 14.7 Å². The lowest BCUT2D eigenvalue weighted by molar-refractivity contribution is 0.270. The molecule has 0 N–H and O–H groups in total. The minimum atomic E-state index is 0.908. The molecule has 4 rings (SSSR count). The van der Waals surface area contributed by atoms with Gasteiger partial charge in [-0.1, -0.05) is 38.0 Å². The molecule has 2 aromatic rings. The van der Waals surface area contributed by atoms with E-state index in [9.17, 15) is 0 Å². The third-order valence-electron chi connectivity index (χ3n) is 7.24. The van der Waals surface area contributed by atoms with Crippen LogP contribution in [0, 0.1) is 6.92 Å². The molecule has 4 nitrogen and oxygen atoms in total. The van der Waals surface area contributed by atoms with Crippen molar-refractivity contribution in [3.63, 3.8) is 0 Å². The van der Waals surface area contributed by atoms with Crippen LogP contribution in [0.4, 0.5) is 5.82 Å². The van der Waals surface area contributed by atoms with E-state index in [4.69, 9.17) is 17.2 Å². The van der Waals surface area contributed by atoms with E-state index in [2.05, 4.69) is 52.8 Å². The molecular formula is C27H40N4S. The van der Waals surface area contributed by atoms with E-state index in [0.29, 0.717) is 0 Å². The average molecular weight is 453 g/mol. The lowest BCUT2D eigenvalue weighted by atomic mass is 10.0. The Labute approximate surface area is 200 Å². The van der Waals surface area contributed by atoms with Crippen LogP contribution in [0.15, 0.2) is 24.3 Å². The van der Waals surface area contributed by atoms with Crippen molar-refractivity contribution in [1.29, 1.82) is 0 Å². The minimum Gasteiger partial charge on any atom is -0.354 e. The van der Waals surface area contributed by atoms with Crippen molar-refractivity contribution in [2.24, 2.45) is 0 Å². The number of aryl methyl sites for hydroxylation is 1. The first kappa shape index (κ1) is 23.6. The average Bonchev–Trinajstić information content (AvgIpc) is 3.08. The molecular weight excluding hydrogens is 412 g/mol. The second kappa shape index (κ2) is 11.5. The summed E-state index contributed by atoms with van der Waals surface area (Å²) < 4.78 is 0. The standard InChI is InChI=1S/C27H40N4S/c1-3-29-15-17-31(18-16-29)27-19-22(2)25-21-23(10-11-26(25)28-27)20-24(32)9-8-14-30-12-6-4-5-7-13-30/h10-11,19,21H,3-9,12-18,20H2,1-2H3. The maximum Gasteiger partial charge on any atom is 0.129 e. The topological polar surface area (TPSA) is 22.6 Å². The highest BCUT2D eigenvalue weighted by Crippen LogP contribution is 2.25. The van der Waals surface area contributed by atoms with Gasteiger partial charge in [-0.05, 0) is 93.0 Å². The van der Waals surface area contributed by atoms with Crippen molar-refractivity contribution < 1.29 is 0 Å². The molecule has 0 unspecified atom stereocenters. The van der Waals surface area contributed by atoms with Crippen LogP contribution in [0.25, 0.3) is 10.9 Å². The predicted octanol–water partition coefficient (Wildman–Crippen LogP) is 5.25. The summed E-state index contributed by atoms with van der Waals surface area (Å²) in [7, 11) is 0. The van der Waals surface area contributed by atoms with Crippen LogP contribution in [0.3, 0.4) is 0 Å². The molecule has 5 heteroatoms. The van der Waals surface area contributed by atoms with E-state index in [1.54, 1.807) is 0 Å². The molecule has 0 amide bonds. The van der Waals surface area contributed by atoms with Gasteiger partial charge in [0.1, 0.15) is 5.82 Å². The van der Waals surface area contributed by atoms with Crippen LogP contribution in [0.5, 0.6) is 0 Å². The van der Waals surface area contributed by atoms with E-state index in [1.807, 2.05) is 0 Å². The Kier molecular flexibility index (Phi) is 8.50. The van der Waals surface area contributed by atoms with Crippen LogP contribution in [0.2, 0.25) is 0 Å². The lowest BCUT2D eigenvalue weighted by Gasteiger charge is -2.35. The molecule has 3 heterocycles. The molecule has 0 spiro atoms. The van der Waals surface area contributed by atoms with Gasteiger partial charge in [0.2, 0.25) is 0 Å². The summed E-state index contributed by atoms with van der Waals surface area (Å²) in [6.07, 6.45) is 8.71. The predicted molar refractivity (Wildman–Crippen MR) is 141 cm³/mol. The molecule has 2 saturated heterocycles.